The number of nitrogens with one attached hydrogen (secondary N) is 1. The monoisotopic (exact) mass is 379 g/mol. The molecule has 1 aliphatic carbocycles. The third-order valence-electron chi connectivity index (χ3n) is 4.44. The first kappa shape index (κ1) is 18.1. The van der Waals surface area contributed by atoms with Gasteiger partial charge in [0.25, 0.3) is 0 Å². The molecule has 1 fully saturated rings. The van der Waals surface area contributed by atoms with Gasteiger partial charge in [-0.15, -0.1) is 10.2 Å². The van der Waals surface area contributed by atoms with Gasteiger partial charge in [0, 0.05) is 5.92 Å². The van der Waals surface area contributed by atoms with Gasteiger partial charge in [0.1, 0.15) is 0 Å². The van der Waals surface area contributed by atoms with E-state index in [0.717, 1.165) is 18.7 Å². The molecule has 1 unspecified atom stereocenters. The van der Waals surface area contributed by atoms with E-state index in [1.165, 1.54) is 31.0 Å². The first-order valence-electron chi connectivity index (χ1n) is 8.48. The summed E-state index contributed by atoms with van der Waals surface area (Å²) in [5, 5.41) is 12.0. The number of para-hydroxylation sites is 1. The van der Waals surface area contributed by atoms with Crippen LogP contribution in [0.3, 0.4) is 0 Å². The fourth-order valence-electron chi connectivity index (χ4n) is 3.02. The number of hydrogen-bond donors (Lipinski definition) is 2. The second-order valence-corrected chi connectivity index (χ2v) is 7.99. The van der Waals surface area contributed by atoms with Gasteiger partial charge in [0.15, 0.2) is 5.82 Å². The Bertz CT molecular complexity index is 744. The maximum absolute atomic E-state index is 12.4. The number of aromatic nitrogens is 3. The molecule has 134 valence electrons. The first-order valence-corrected chi connectivity index (χ1v) is 9.74. The molecule has 1 heterocycles. The Labute approximate surface area is 156 Å². The van der Waals surface area contributed by atoms with E-state index in [4.69, 9.17) is 17.4 Å². The fourth-order valence-corrected chi connectivity index (χ4v) is 3.98. The molecule has 1 aromatic carbocycles. The van der Waals surface area contributed by atoms with Crippen molar-refractivity contribution in [2.45, 2.75) is 55.4 Å². The van der Waals surface area contributed by atoms with Crippen molar-refractivity contribution in [2.75, 3.05) is 11.2 Å². The molecular weight excluding hydrogens is 358 g/mol. The lowest BCUT2D eigenvalue weighted by Gasteiger charge is -2.20. The van der Waals surface area contributed by atoms with Crippen molar-refractivity contribution in [3.8, 4) is 0 Å². The first-order chi connectivity index (χ1) is 12.1. The Morgan fingerprint density at radius 3 is 2.76 bits per heavy atom. The highest BCUT2D eigenvalue weighted by atomic mass is 35.5. The molecule has 2 aromatic rings. The molecule has 0 saturated heterocycles. The van der Waals surface area contributed by atoms with Gasteiger partial charge in [-0.1, -0.05) is 54.8 Å². The Morgan fingerprint density at radius 1 is 1.32 bits per heavy atom. The number of carbonyl (C=O) groups excluding carboxylic acids is 1. The smallest absolute Gasteiger partial charge is 0.237 e. The third-order valence-corrected chi connectivity index (χ3v) is 5.83. The summed E-state index contributed by atoms with van der Waals surface area (Å²) in [4.78, 5) is 12.4. The molecule has 1 aliphatic rings. The van der Waals surface area contributed by atoms with Gasteiger partial charge in [-0.3, -0.25) is 4.79 Å². The molecule has 3 rings (SSSR count). The summed E-state index contributed by atoms with van der Waals surface area (Å²) in [6.07, 6.45) is 5.88. The highest BCUT2D eigenvalue weighted by molar-refractivity contribution is 8.00. The summed E-state index contributed by atoms with van der Waals surface area (Å²) in [5.74, 6) is 7.21. The molecule has 0 radical (unpaired) electrons. The maximum atomic E-state index is 12.4. The van der Waals surface area contributed by atoms with E-state index < -0.39 is 0 Å². The predicted octanol–water partition coefficient (Wildman–Crippen LogP) is 3.81. The molecular formula is C17H22ClN5OS. The summed E-state index contributed by atoms with van der Waals surface area (Å²) in [6, 6.07) is 7.15. The van der Waals surface area contributed by atoms with Crippen LogP contribution in [-0.2, 0) is 4.79 Å². The summed E-state index contributed by atoms with van der Waals surface area (Å²) in [5.41, 5.74) is 0.596. The fraction of sp³-hybridized carbons (Fsp3) is 0.471. The number of nitrogens with two attached hydrogens (primary N) is 1. The number of thioether (sulfide) groups is 1. The van der Waals surface area contributed by atoms with Crippen molar-refractivity contribution in [1.29, 1.82) is 0 Å². The zero-order valence-electron chi connectivity index (χ0n) is 14.1. The van der Waals surface area contributed by atoms with Crippen molar-refractivity contribution < 1.29 is 4.79 Å². The van der Waals surface area contributed by atoms with Crippen LogP contribution in [0, 0.1) is 0 Å². The Hall–Kier alpha value is -1.73. The van der Waals surface area contributed by atoms with Crippen LogP contribution in [0.25, 0.3) is 0 Å². The highest BCUT2D eigenvalue weighted by Crippen LogP contribution is 2.33. The Morgan fingerprint density at radius 2 is 2.04 bits per heavy atom. The van der Waals surface area contributed by atoms with Gasteiger partial charge < -0.3 is 11.2 Å². The van der Waals surface area contributed by atoms with Crippen LogP contribution in [0.1, 0.15) is 50.8 Å². The number of anilines is 1. The van der Waals surface area contributed by atoms with Gasteiger partial charge in [0.05, 0.1) is 16.0 Å². The Kier molecular flexibility index (Phi) is 5.86. The zero-order chi connectivity index (χ0) is 17.8. The van der Waals surface area contributed by atoms with Crippen LogP contribution < -0.4 is 11.2 Å². The Balaban J connectivity index is 1.64. The van der Waals surface area contributed by atoms with Crippen molar-refractivity contribution in [2.24, 2.45) is 0 Å². The van der Waals surface area contributed by atoms with Crippen LogP contribution in [-0.4, -0.2) is 26.0 Å². The van der Waals surface area contributed by atoms with Gasteiger partial charge in [-0.2, -0.15) is 0 Å². The average Bonchev–Trinajstić information content (AvgIpc) is 2.98. The van der Waals surface area contributed by atoms with Crippen molar-refractivity contribution in [1.82, 2.24) is 14.9 Å². The van der Waals surface area contributed by atoms with Crippen LogP contribution in [0.15, 0.2) is 29.4 Å². The lowest BCUT2D eigenvalue weighted by Crippen LogP contribution is -2.24. The average molecular weight is 380 g/mol. The minimum absolute atomic E-state index is 0.152. The second-order valence-electron chi connectivity index (χ2n) is 6.27. The summed E-state index contributed by atoms with van der Waals surface area (Å²) >= 11 is 7.38. The van der Waals surface area contributed by atoms with Gasteiger partial charge >= 0.3 is 0 Å². The van der Waals surface area contributed by atoms with Gasteiger partial charge in [0.2, 0.25) is 11.1 Å². The molecule has 1 atom stereocenters. The minimum Gasteiger partial charge on any atom is -0.336 e. The van der Waals surface area contributed by atoms with Crippen molar-refractivity contribution >= 4 is 35.0 Å². The van der Waals surface area contributed by atoms with Gasteiger partial charge in [-0.25, -0.2) is 4.68 Å². The number of halogens is 1. The van der Waals surface area contributed by atoms with E-state index >= 15 is 0 Å². The van der Waals surface area contributed by atoms with E-state index in [9.17, 15) is 4.79 Å². The molecule has 0 bridgehead atoms. The summed E-state index contributed by atoms with van der Waals surface area (Å²) < 4.78 is 1.54. The quantitative estimate of drug-likeness (QED) is 0.609. The number of rotatable bonds is 5. The van der Waals surface area contributed by atoms with E-state index in [0.29, 0.717) is 21.8 Å². The molecule has 6 nitrogen and oxygen atoms in total. The molecule has 0 aliphatic heterocycles. The number of amides is 1. The minimum atomic E-state index is -0.373. The number of nitrogen functional groups attached to an aromatic ring is 1. The predicted molar refractivity (Wildman–Crippen MR) is 101 cm³/mol. The zero-order valence-corrected chi connectivity index (χ0v) is 15.7. The van der Waals surface area contributed by atoms with Gasteiger partial charge in [-0.05, 0) is 31.9 Å². The van der Waals surface area contributed by atoms with E-state index in [1.807, 2.05) is 19.1 Å². The lowest BCUT2D eigenvalue weighted by atomic mass is 9.89. The maximum Gasteiger partial charge on any atom is 0.237 e. The summed E-state index contributed by atoms with van der Waals surface area (Å²) in [6.45, 7) is 1.81. The summed E-state index contributed by atoms with van der Waals surface area (Å²) in [7, 11) is 0. The second kappa shape index (κ2) is 8.10. The largest absolute Gasteiger partial charge is 0.336 e. The molecule has 1 saturated carbocycles. The van der Waals surface area contributed by atoms with E-state index in [1.54, 1.807) is 16.8 Å². The number of hydrogen-bond acceptors (Lipinski definition) is 5. The van der Waals surface area contributed by atoms with Crippen LogP contribution in [0.4, 0.5) is 5.69 Å². The molecule has 1 amide bonds. The van der Waals surface area contributed by atoms with Crippen molar-refractivity contribution in [3.05, 3.63) is 35.1 Å². The van der Waals surface area contributed by atoms with Crippen molar-refractivity contribution in [3.63, 3.8) is 0 Å². The molecule has 3 N–H and O–H groups in total. The van der Waals surface area contributed by atoms with E-state index in [2.05, 4.69) is 15.5 Å². The lowest BCUT2D eigenvalue weighted by molar-refractivity contribution is -0.115. The molecule has 0 spiro atoms. The molecule has 8 heteroatoms. The SMILES string of the molecule is CC(Sc1nnc(C2CCCCC2)n1N)C(=O)Nc1ccccc1Cl. The molecule has 1 aromatic heterocycles. The normalized spacial score (nSPS) is 16.6. The standard InChI is InChI=1S/C17H22ClN5OS/c1-11(16(24)20-14-10-6-5-9-13(14)18)25-17-22-21-15(23(17)19)12-7-3-2-4-8-12/h5-6,9-12H,2-4,7-8,19H2,1H3,(H,20,24). The van der Waals surface area contributed by atoms with Crippen LogP contribution in [0.2, 0.25) is 5.02 Å². The number of benzene rings is 1. The van der Waals surface area contributed by atoms with Crippen LogP contribution >= 0.6 is 23.4 Å². The molecule has 25 heavy (non-hydrogen) atoms. The highest BCUT2D eigenvalue weighted by Gasteiger charge is 2.25. The van der Waals surface area contributed by atoms with E-state index in [-0.39, 0.29) is 11.2 Å². The topological polar surface area (TPSA) is 85.8 Å². The third kappa shape index (κ3) is 4.27. The number of nitrogens with zero attached hydrogens (tertiary/aromatic N) is 3. The van der Waals surface area contributed by atoms with Crippen LogP contribution in [0.5, 0.6) is 0 Å². The number of carbonyl (C=O) groups is 1.